The highest BCUT2D eigenvalue weighted by molar-refractivity contribution is 5.90. The van der Waals surface area contributed by atoms with Crippen molar-refractivity contribution < 1.29 is 9.21 Å². The molecule has 0 saturated heterocycles. The van der Waals surface area contributed by atoms with Crippen LogP contribution >= 0.6 is 0 Å². The third-order valence-corrected chi connectivity index (χ3v) is 4.33. The predicted octanol–water partition coefficient (Wildman–Crippen LogP) is 2.85. The lowest BCUT2D eigenvalue weighted by Gasteiger charge is -2.42. The first-order valence-electron chi connectivity index (χ1n) is 5.83. The van der Waals surface area contributed by atoms with Gasteiger partial charge in [-0.1, -0.05) is 0 Å². The number of hydrogen-bond acceptors (Lipinski definition) is 2. The molecule has 80 valence electrons. The van der Waals surface area contributed by atoms with Crippen molar-refractivity contribution in [2.24, 2.45) is 5.92 Å². The summed E-state index contributed by atoms with van der Waals surface area (Å²) in [5.74, 6) is 1.86. The zero-order valence-corrected chi connectivity index (χ0v) is 9.08. The summed E-state index contributed by atoms with van der Waals surface area (Å²) >= 11 is 0. The van der Waals surface area contributed by atoms with Gasteiger partial charge in [-0.25, -0.2) is 0 Å². The van der Waals surface area contributed by atoms with Gasteiger partial charge in [-0.2, -0.15) is 0 Å². The van der Waals surface area contributed by atoms with Crippen molar-refractivity contribution in [3.05, 3.63) is 23.7 Å². The van der Waals surface area contributed by atoms with Crippen LogP contribution in [-0.4, -0.2) is 5.78 Å². The van der Waals surface area contributed by atoms with Gasteiger partial charge in [0.2, 0.25) is 0 Å². The maximum Gasteiger partial charge on any atom is 0.146 e. The maximum atomic E-state index is 12.2. The van der Waals surface area contributed by atoms with E-state index in [0.717, 1.165) is 31.4 Å². The summed E-state index contributed by atoms with van der Waals surface area (Å²) in [7, 11) is 0. The Kier molecular flexibility index (Phi) is 1.82. The van der Waals surface area contributed by atoms with E-state index in [-0.39, 0.29) is 5.41 Å². The van der Waals surface area contributed by atoms with Gasteiger partial charge in [-0.15, -0.1) is 0 Å². The predicted molar refractivity (Wildman–Crippen MR) is 56.7 cm³/mol. The van der Waals surface area contributed by atoms with Gasteiger partial charge in [0.15, 0.2) is 0 Å². The SMILES string of the molecule is C[C@@]12C(=O)CCC[C@@H]1CCc1ccoc12. The highest BCUT2D eigenvalue weighted by Crippen LogP contribution is 2.48. The lowest BCUT2D eigenvalue weighted by Crippen LogP contribution is -2.45. The molecule has 0 aliphatic heterocycles. The fourth-order valence-corrected chi connectivity index (χ4v) is 3.35. The Morgan fingerprint density at radius 3 is 3.13 bits per heavy atom. The number of furan rings is 1. The van der Waals surface area contributed by atoms with E-state index in [0.29, 0.717) is 11.7 Å². The van der Waals surface area contributed by atoms with Crippen molar-refractivity contribution in [1.29, 1.82) is 0 Å². The average molecular weight is 204 g/mol. The van der Waals surface area contributed by atoms with E-state index in [1.807, 2.05) is 6.07 Å². The van der Waals surface area contributed by atoms with Crippen LogP contribution in [0.3, 0.4) is 0 Å². The molecule has 1 aromatic rings. The van der Waals surface area contributed by atoms with Crippen molar-refractivity contribution >= 4 is 5.78 Å². The molecule has 1 aromatic heterocycles. The molecule has 0 unspecified atom stereocenters. The Balaban J connectivity index is 2.15. The maximum absolute atomic E-state index is 12.2. The number of carbonyl (C=O) groups excluding carboxylic acids is 1. The first-order chi connectivity index (χ1) is 7.23. The highest BCUT2D eigenvalue weighted by Gasteiger charge is 2.49. The van der Waals surface area contributed by atoms with Gasteiger partial charge in [0, 0.05) is 6.42 Å². The molecule has 1 heterocycles. The van der Waals surface area contributed by atoms with E-state index in [1.54, 1.807) is 6.26 Å². The van der Waals surface area contributed by atoms with E-state index < -0.39 is 0 Å². The number of hydrogen-bond donors (Lipinski definition) is 0. The number of ketones is 1. The van der Waals surface area contributed by atoms with Crippen molar-refractivity contribution in [3.8, 4) is 0 Å². The van der Waals surface area contributed by atoms with Crippen molar-refractivity contribution in [2.45, 2.75) is 44.4 Å². The average Bonchev–Trinajstić information content (AvgIpc) is 2.69. The van der Waals surface area contributed by atoms with E-state index in [9.17, 15) is 4.79 Å². The first kappa shape index (κ1) is 9.20. The van der Waals surface area contributed by atoms with Crippen LogP contribution < -0.4 is 0 Å². The van der Waals surface area contributed by atoms with Gasteiger partial charge >= 0.3 is 0 Å². The quantitative estimate of drug-likeness (QED) is 0.650. The summed E-state index contributed by atoms with van der Waals surface area (Å²) in [5, 5.41) is 0. The van der Waals surface area contributed by atoms with Crippen molar-refractivity contribution in [3.63, 3.8) is 0 Å². The standard InChI is InChI=1S/C13H16O2/c1-13-10(3-2-4-11(13)14)6-5-9-7-8-15-12(9)13/h7-8,10H,2-6H2,1H3/t10-,13+/m1/s1. The second-order valence-electron chi connectivity index (χ2n) is 5.03. The topological polar surface area (TPSA) is 30.2 Å². The zero-order chi connectivity index (χ0) is 10.5. The van der Waals surface area contributed by atoms with E-state index in [2.05, 4.69) is 6.92 Å². The molecule has 2 heteroatoms. The van der Waals surface area contributed by atoms with E-state index in [1.165, 1.54) is 12.0 Å². The van der Waals surface area contributed by atoms with Gasteiger partial charge in [-0.3, -0.25) is 4.79 Å². The normalized spacial score (nSPS) is 34.7. The fraction of sp³-hybridized carbons (Fsp3) is 0.615. The lowest BCUT2D eigenvalue weighted by atomic mass is 9.60. The molecule has 1 saturated carbocycles. The van der Waals surface area contributed by atoms with Gasteiger partial charge < -0.3 is 4.42 Å². The third kappa shape index (κ3) is 1.08. The Labute approximate surface area is 89.7 Å². The molecule has 15 heavy (non-hydrogen) atoms. The highest BCUT2D eigenvalue weighted by atomic mass is 16.3. The minimum atomic E-state index is -0.310. The van der Waals surface area contributed by atoms with Crippen LogP contribution in [0.4, 0.5) is 0 Å². The van der Waals surface area contributed by atoms with Crippen LogP contribution in [0.2, 0.25) is 0 Å². The van der Waals surface area contributed by atoms with Crippen LogP contribution in [0.25, 0.3) is 0 Å². The van der Waals surface area contributed by atoms with Crippen molar-refractivity contribution in [2.75, 3.05) is 0 Å². The van der Waals surface area contributed by atoms with Crippen LogP contribution in [0.1, 0.15) is 43.9 Å². The summed E-state index contributed by atoms with van der Waals surface area (Å²) in [6.45, 7) is 2.08. The van der Waals surface area contributed by atoms with Crippen LogP contribution in [-0.2, 0) is 16.6 Å². The summed E-state index contributed by atoms with van der Waals surface area (Å²) in [6.07, 6.45) is 6.94. The molecule has 0 bridgehead atoms. The number of rotatable bonds is 0. The number of Topliss-reactive ketones (excluding diaryl/α,β-unsaturated/α-hetero) is 1. The zero-order valence-electron chi connectivity index (χ0n) is 9.08. The second-order valence-corrected chi connectivity index (χ2v) is 5.03. The largest absolute Gasteiger partial charge is 0.468 e. The van der Waals surface area contributed by atoms with Gasteiger partial charge in [0.25, 0.3) is 0 Å². The molecule has 2 nitrogen and oxygen atoms in total. The molecule has 0 N–H and O–H groups in total. The summed E-state index contributed by atoms with van der Waals surface area (Å²) in [5.41, 5.74) is 0.944. The molecule has 0 amide bonds. The Morgan fingerprint density at radius 2 is 2.27 bits per heavy atom. The van der Waals surface area contributed by atoms with E-state index in [4.69, 9.17) is 4.42 Å². The van der Waals surface area contributed by atoms with Gasteiger partial charge in [0.05, 0.1) is 11.7 Å². The minimum absolute atomic E-state index is 0.310. The molecule has 3 rings (SSSR count). The molecule has 2 atom stereocenters. The number of fused-ring (bicyclic) bond motifs is 3. The summed E-state index contributed by atoms with van der Waals surface area (Å²) in [4.78, 5) is 12.2. The molecule has 1 fully saturated rings. The summed E-state index contributed by atoms with van der Waals surface area (Å²) in [6, 6.07) is 2.03. The van der Waals surface area contributed by atoms with Crippen molar-refractivity contribution in [1.82, 2.24) is 0 Å². The Morgan fingerprint density at radius 1 is 1.40 bits per heavy atom. The molecule has 2 aliphatic rings. The third-order valence-electron chi connectivity index (χ3n) is 4.33. The molecular weight excluding hydrogens is 188 g/mol. The lowest BCUT2D eigenvalue weighted by molar-refractivity contribution is -0.129. The first-order valence-corrected chi connectivity index (χ1v) is 5.83. The number of aryl methyl sites for hydroxylation is 1. The minimum Gasteiger partial charge on any atom is -0.468 e. The summed E-state index contributed by atoms with van der Waals surface area (Å²) < 4.78 is 5.58. The number of carbonyl (C=O) groups is 1. The monoisotopic (exact) mass is 204 g/mol. The Bertz CT molecular complexity index is 404. The smallest absolute Gasteiger partial charge is 0.146 e. The second kappa shape index (κ2) is 2.97. The van der Waals surface area contributed by atoms with E-state index >= 15 is 0 Å². The molecule has 0 spiro atoms. The molecule has 0 radical (unpaired) electrons. The van der Waals surface area contributed by atoms with Gasteiger partial charge in [0.1, 0.15) is 11.5 Å². The van der Waals surface area contributed by atoms with Crippen LogP contribution in [0.5, 0.6) is 0 Å². The van der Waals surface area contributed by atoms with Crippen LogP contribution in [0, 0.1) is 5.92 Å². The molecule has 0 aromatic carbocycles. The molecule has 2 aliphatic carbocycles. The van der Waals surface area contributed by atoms with Crippen LogP contribution in [0.15, 0.2) is 16.7 Å². The Hall–Kier alpha value is -1.05. The molecular formula is C13H16O2. The fourth-order valence-electron chi connectivity index (χ4n) is 3.35. The van der Waals surface area contributed by atoms with Gasteiger partial charge in [-0.05, 0) is 50.2 Å².